The molecule has 144 valence electrons. The number of carbonyl (C=O) groups excluding carboxylic acids is 2. The smallest absolute Gasteiger partial charge is 0.240 e. The van der Waals surface area contributed by atoms with Gasteiger partial charge in [0, 0.05) is 6.42 Å². The predicted octanol–water partition coefficient (Wildman–Crippen LogP) is 3.04. The van der Waals surface area contributed by atoms with Gasteiger partial charge in [0.05, 0.1) is 18.5 Å². The highest BCUT2D eigenvalue weighted by atomic mass is 32.2. The van der Waals surface area contributed by atoms with Crippen LogP contribution in [-0.4, -0.2) is 35.1 Å². The summed E-state index contributed by atoms with van der Waals surface area (Å²) in [4.78, 5) is 24.5. The number of carbonyl (C=O) groups is 2. The number of anilines is 1. The number of hydrogen-bond donors (Lipinski definition) is 2. The lowest BCUT2D eigenvalue weighted by molar-refractivity contribution is -0.122. The number of benzene rings is 2. The van der Waals surface area contributed by atoms with E-state index in [0.717, 1.165) is 5.56 Å². The number of thioether (sulfide) groups is 1. The van der Waals surface area contributed by atoms with Crippen LogP contribution in [0.2, 0.25) is 0 Å². The Bertz CT molecular complexity index is 899. The number of amidine groups is 1. The number of rotatable bonds is 7. The summed E-state index contributed by atoms with van der Waals surface area (Å²) in [5.41, 5.74) is 1.49. The average Bonchev–Trinajstić information content (AvgIpc) is 3.03. The van der Waals surface area contributed by atoms with Crippen molar-refractivity contribution >= 4 is 40.6 Å². The summed E-state index contributed by atoms with van der Waals surface area (Å²) in [5, 5.41) is 13.3. The zero-order valence-corrected chi connectivity index (χ0v) is 16.1. The number of hydrogen-bond acceptors (Lipinski definition) is 6. The molecule has 0 aliphatic carbocycles. The van der Waals surface area contributed by atoms with Crippen molar-refractivity contribution in [1.82, 2.24) is 5.32 Å². The van der Waals surface area contributed by atoms with Crippen molar-refractivity contribution in [1.29, 1.82) is 0 Å². The van der Waals surface area contributed by atoms with Crippen LogP contribution in [0, 0.1) is 0 Å². The molecule has 8 heteroatoms. The van der Waals surface area contributed by atoms with E-state index in [9.17, 15) is 9.59 Å². The van der Waals surface area contributed by atoms with Gasteiger partial charge in [-0.15, -0.1) is 5.10 Å². The van der Waals surface area contributed by atoms with Crippen LogP contribution in [0.3, 0.4) is 0 Å². The number of ether oxygens (including phenoxy) is 1. The van der Waals surface area contributed by atoms with Gasteiger partial charge >= 0.3 is 0 Å². The molecule has 0 saturated carbocycles. The van der Waals surface area contributed by atoms with Crippen molar-refractivity contribution in [2.24, 2.45) is 10.2 Å². The molecule has 28 heavy (non-hydrogen) atoms. The molecular formula is C20H20N4O3S. The second-order valence-electron chi connectivity index (χ2n) is 5.84. The van der Waals surface area contributed by atoms with Crippen LogP contribution in [0.5, 0.6) is 5.75 Å². The van der Waals surface area contributed by atoms with Crippen molar-refractivity contribution in [3.63, 3.8) is 0 Å². The van der Waals surface area contributed by atoms with Gasteiger partial charge in [0.1, 0.15) is 11.0 Å². The Morgan fingerprint density at radius 2 is 1.96 bits per heavy atom. The highest BCUT2D eigenvalue weighted by Crippen LogP contribution is 2.26. The number of para-hydroxylation sites is 2. The molecule has 1 fully saturated rings. The maximum absolute atomic E-state index is 12.3. The fraction of sp³-hybridized carbons (Fsp3) is 0.200. The third kappa shape index (κ3) is 5.43. The summed E-state index contributed by atoms with van der Waals surface area (Å²) in [6, 6.07) is 16.7. The fourth-order valence-corrected chi connectivity index (χ4v) is 3.42. The van der Waals surface area contributed by atoms with Crippen molar-refractivity contribution in [3.8, 4) is 5.75 Å². The van der Waals surface area contributed by atoms with Gasteiger partial charge in [0.25, 0.3) is 0 Å². The number of amides is 2. The van der Waals surface area contributed by atoms with Crippen LogP contribution >= 0.6 is 11.8 Å². The summed E-state index contributed by atoms with van der Waals surface area (Å²) in [7, 11) is 0. The van der Waals surface area contributed by atoms with E-state index in [1.807, 2.05) is 49.4 Å². The molecule has 0 bridgehead atoms. The molecule has 0 aromatic heterocycles. The first-order valence-electron chi connectivity index (χ1n) is 8.81. The minimum Gasteiger partial charge on any atom is -0.492 e. The third-order valence-corrected chi connectivity index (χ3v) is 4.84. The molecular weight excluding hydrogens is 376 g/mol. The minimum absolute atomic E-state index is 0.0262. The first-order chi connectivity index (χ1) is 13.7. The predicted molar refractivity (Wildman–Crippen MR) is 112 cm³/mol. The van der Waals surface area contributed by atoms with E-state index in [0.29, 0.717) is 23.2 Å². The Balaban J connectivity index is 1.56. The topological polar surface area (TPSA) is 92.2 Å². The molecule has 1 aliphatic heterocycles. The van der Waals surface area contributed by atoms with Gasteiger partial charge in [0.15, 0.2) is 5.17 Å². The molecule has 1 atom stereocenters. The lowest BCUT2D eigenvalue weighted by Gasteiger charge is -2.12. The van der Waals surface area contributed by atoms with Gasteiger partial charge in [-0.1, -0.05) is 54.2 Å². The number of nitrogens with zero attached hydrogens (tertiary/aromatic N) is 2. The van der Waals surface area contributed by atoms with Gasteiger partial charge in [0.2, 0.25) is 11.8 Å². The van der Waals surface area contributed by atoms with Crippen LogP contribution in [0.4, 0.5) is 5.69 Å². The lowest BCUT2D eigenvalue weighted by Crippen LogP contribution is -2.28. The molecule has 7 nitrogen and oxygen atoms in total. The molecule has 3 rings (SSSR count). The zero-order valence-electron chi connectivity index (χ0n) is 15.3. The minimum atomic E-state index is -0.551. The van der Waals surface area contributed by atoms with E-state index in [-0.39, 0.29) is 18.2 Å². The van der Waals surface area contributed by atoms with Gasteiger partial charge in [-0.25, -0.2) is 0 Å². The van der Waals surface area contributed by atoms with Gasteiger partial charge in [-0.2, -0.15) is 5.10 Å². The summed E-state index contributed by atoms with van der Waals surface area (Å²) >= 11 is 1.19. The fourth-order valence-electron chi connectivity index (χ4n) is 2.49. The Kier molecular flexibility index (Phi) is 6.80. The molecule has 2 aromatic carbocycles. The molecule has 1 heterocycles. The van der Waals surface area contributed by atoms with Crippen molar-refractivity contribution in [3.05, 3.63) is 60.2 Å². The van der Waals surface area contributed by atoms with Crippen molar-refractivity contribution < 1.29 is 14.3 Å². The Morgan fingerprint density at radius 3 is 2.75 bits per heavy atom. The van der Waals surface area contributed by atoms with E-state index < -0.39 is 5.25 Å². The highest BCUT2D eigenvalue weighted by molar-refractivity contribution is 8.15. The molecule has 1 saturated heterocycles. The normalized spacial score (nSPS) is 17.7. The molecule has 2 N–H and O–H groups in total. The quantitative estimate of drug-likeness (QED) is 0.556. The first-order valence-corrected chi connectivity index (χ1v) is 9.69. The molecule has 2 aromatic rings. The van der Waals surface area contributed by atoms with Gasteiger partial charge in [-0.05, 0) is 24.6 Å². The summed E-state index contributed by atoms with van der Waals surface area (Å²) in [5.74, 6) is 0.0696. The van der Waals surface area contributed by atoms with E-state index in [1.165, 1.54) is 11.8 Å². The maximum Gasteiger partial charge on any atom is 0.240 e. The van der Waals surface area contributed by atoms with Crippen molar-refractivity contribution in [2.45, 2.75) is 18.6 Å². The summed E-state index contributed by atoms with van der Waals surface area (Å²) in [6.45, 7) is 2.37. The Hall–Kier alpha value is -3.13. The van der Waals surface area contributed by atoms with Crippen LogP contribution in [0.1, 0.15) is 18.9 Å². The molecule has 1 unspecified atom stereocenters. The molecule has 0 spiro atoms. The molecule has 1 aliphatic rings. The summed E-state index contributed by atoms with van der Waals surface area (Å²) in [6.07, 6.45) is 1.63. The molecule has 2 amide bonds. The highest BCUT2D eigenvalue weighted by Gasteiger charge is 2.32. The molecule has 0 radical (unpaired) electrons. The zero-order chi connectivity index (χ0) is 19.8. The van der Waals surface area contributed by atoms with Crippen LogP contribution in [0.15, 0.2) is 64.8 Å². The van der Waals surface area contributed by atoms with E-state index in [4.69, 9.17) is 4.74 Å². The monoisotopic (exact) mass is 396 g/mol. The van der Waals surface area contributed by atoms with Crippen LogP contribution in [0.25, 0.3) is 0 Å². The SMILES string of the molecule is CCOc1ccccc1NC(=O)CC1S/C(=N/N=Cc2ccccc2)NC1=O. The van der Waals surface area contributed by atoms with E-state index >= 15 is 0 Å². The maximum atomic E-state index is 12.3. The second kappa shape index (κ2) is 9.70. The van der Waals surface area contributed by atoms with E-state index in [1.54, 1.807) is 18.3 Å². The number of nitrogens with one attached hydrogen (secondary N) is 2. The van der Waals surface area contributed by atoms with Crippen LogP contribution in [-0.2, 0) is 9.59 Å². The Morgan fingerprint density at radius 1 is 1.21 bits per heavy atom. The van der Waals surface area contributed by atoms with Crippen LogP contribution < -0.4 is 15.4 Å². The van der Waals surface area contributed by atoms with E-state index in [2.05, 4.69) is 20.8 Å². The standard InChI is InChI=1S/C20H20N4O3S/c1-2-27-16-11-7-6-10-15(16)22-18(25)12-17-19(26)23-20(28-17)24-21-13-14-8-4-3-5-9-14/h3-11,13,17H,2,12H2,1H3,(H,22,25)(H,23,24,26). The summed E-state index contributed by atoms with van der Waals surface area (Å²) < 4.78 is 5.49. The third-order valence-electron chi connectivity index (χ3n) is 3.76. The first kappa shape index (κ1) is 19.6. The Labute approximate surface area is 167 Å². The largest absolute Gasteiger partial charge is 0.492 e. The lowest BCUT2D eigenvalue weighted by atomic mass is 10.2. The average molecular weight is 396 g/mol. The second-order valence-corrected chi connectivity index (χ2v) is 7.03. The van der Waals surface area contributed by atoms with Gasteiger partial charge in [-0.3, -0.25) is 9.59 Å². The van der Waals surface area contributed by atoms with Crippen molar-refractivity contribution in [2.75, 3.05) is 11.9 Å². The van der Waals surface area contributed by atoms with Gasteiger partial charge < -0.3 is 15.4 Å².